The largest absolute Gasteiger partial charge is 0.461 e. The van der Waals surface area contributed by atoms with Gasteiger partial charge in [-0.1, -0.05) is 26.7 Å². The van der Waals surface area contributed by atoms with E-state index in [-0.39, 0.29) is 12.7 Å². The molecule has 186 valence electrons. The number of aryl methyl sites for hydroxylation is 1. The van der Waals surface area contributed by atoms with E-state index in [1.165, 1.54) is 19.3 Å². The van der Waals surface area contributed by atoms with Crippen molar-refractivity contribution < 1.29 is 19.4 Å². The van der Waals surface area contributed by atoms with Crippen LogP contribution in [-0.4, -0.2) is 48.7 Å². The summed E-state index contributed by atoms with van der Waals surface area (Å²) >= 11 is 0. The van der Waals surface area contributed by atoms with E-state index in [9.17, 15) is 9.90 Å². The highest BCUT2D eigenvalue weighted by Gasteiger charge is 2.37. The van der Waals surface area contributed by atoms with Crippen LogP contribution in [0.3, 0.4) is 0 Å². The summed E-state index contributed by atoms with van der Waals surface area (Å²) < 4.78 is 11.9. The summed E-state index contributed by atoms with van der Waals surface area (Å²) in [4.78, 5) is 20.3. The highest BCUT2D eigenvalue weighted by molar-refractivity contribution is 6.37. The first-order valence-corrected chi connectivity index (χ1v) is 12.6. The van der Waals surface area contributed by atoms with Gasteiger partial charge in [0.25, 0.3) is 0 Å². The van der Waals surface area contributed by atoms with Crippen molar-refractivity contribution in [2.75, 3.05) is 18.0 Å². The molecule has 1 fully saturated rings. The maximum absolute atomic E-state index is 13.3. The van der Waals surface area contributed by atoms with Crippen LogP contribution in [0.25, 0.3) is 0 Å². The number of hydrogen-bond acceptors (Lipinski definition) is 6. The van der Waals surface area contributed by atoms with Crippen molar-refractivity contribution in [2.24, 2.45) is 5.41 Å². The predicted octanol–water partition coefficient (Wildman–Crippen LogP) is 3.75. The second kappa shape index (κ2) is 11.2. The van der Waals surface area contributed by atoms with E-state index < -0.39 is 17.7 Å². The highest BCUT2D eigenvalue weighted by Crippen LogP contribution is 2.40. The highest BCUT2D eigenvalue weighted by atomic mass is 16.6. The predicted molar refractivity (Wildman–Crippen MR) is 137 cm³/mol. The van der Waals surface area contributed by atoms with Crippen LogP contribution in [0.1, 0.15) is 104 Å². The minimum absolute atomic E-state index is 0.259. The standard InChI is InChI=1S/C26H45BN2O4/c1-9-10-11-26(8)12-14-29(15-13-26)22-20(19(16-30)28-18(4)21(22)27)23(33-25(5,6)7)24(31)32-17(2)3/h17,23,30H,9-16,27H2,1-8H3/t23-/m0/s1. The lowest BCUT2D eigenvalue weighted by Gasteiger charge is -2.43. The van der Waals surface area contributed by atoms with Gasteiger partial charge in [0.05, 0.1) is 24.0 Å². The van der Waals surface area contributed by atoms with Gasteiger partial charge < -0.3 is 19.5 Å². The minimum atomic E-state index is -0.954. The van der Waals surface area contributed by atoms with Crippen LogP contribution in [-0.2, 0) is 20.9 Å². The minimum Gasteiger partial charge on any atom is -0.461 e. The van der Waals surface area contributed by atoms with Gasteiger partial charge in [-0.2, -0.15) is 0 Å². The van der Waals surface area contributed by atoms with Crippen molar-refractivity contribution in [1.82, 2.24) is 4.98 Å². The van der Waals surface area contributed by atoms with Crippen LogP contribution in [0.2, 0.25) is 0 Å². The van der Waals surface area contributed by atoms with Crippen LogP contribution in [0, 0.1) is 12.3 Å². The first-order valence-electron chi connectivity index (χ1n) is 12.6. The molecule has 0 unspecified atom stereocenters. The molecule has 1 aromatic heterocycles. The Morgan fingerprint density at radius 3 is 2.36 bits per heavy atom. The molecule has 0 amide bonds. The Balaban J connectivity index is 2.57. The van der Waals surface area contributed by atoms with E-state index in [4.69, 9.17) is 9.47 Å². The number of anilines is 1. The van der Waals surface area contributed by atoms with Crippen molar-refractivity contribution in [3.8, 4) is 0 Å². The topological polar surface area (TPSA) is 71.9 Å². The van der Waals surface area contributed by atoms with Crippen LogP contribution >= 0.6 is 0 Å². The molecule has 0 aliphatic carbocycles. The van der Waals surface area contributed by atoms with Crippen molar-refractivity contribution in [3.05, 3.63) is 17.0 Å². The Kier molecular flexibility index (Phi) is 9.40. The molecule has 0 saturated carbocycles. The zero-order valence-electron chi connectivity index (χ0n) is 22.4. The quantitative estimate of drug-likeness (QED) is 0.447. The number of rotatable bonds is 9. The van der Waals surface area contributed by atoms with Gasteiger partial charge in [-0.05, 0) is 71.7 Å². The number of esters is 1. The average molecular weight is 460 g/mol. The number of aliphatic hydroxyl groups is 1. The SMILES string of the molecule is Bc1c(C)nc(CO)c([C@H](OC(C)(C)C)C(=O)OC(C)C)c1N1CCC(C)(CCCC)CC1. The van der Waals surface area contributed by atoms with Gasteiger partial charge in [0.2, 0.25) is 0 Å². The number of pyridine rings is 1. The van der Waals surface area contributed by atoms with E-state index in [2.05, 4.69) is 31.6 Å². The summed E-state index contributed by atoms with van der Waals surface area (Å²) in [5.41, 5.74) is 3.77. The molecule has 1 aromatic rings. The van der Waals surface area contributed by atoms with Gasteiger partial charge in [0, 0.05) is 30.0 Å². The van der Waals surface area contributed by atoms with Gasteiger partial charge in [0.1, 0.15) is 7.85 Å². The van der Waals surface area contributed by atoms with Crippen molar-refractivity contribution in [1.29, 1.82) is 0 Å². The fourth-order valence-electron chi connectivity index (χ4n) is 4.66. The first-order chi connectivity index (χ1) is 15.3. The average Bonchev–Trinajstić information content (AvgIpc) is 2.72. The zero-order chi connectivity index (χ0) is 25.0. The molecule has 0 spiro atoms. The molecule has 1 aliphatic heterocycles. The summed E-state index contributed by atoms with van der Waals surface area (Å²) in [7, 11) is 2.05. The number of aromatic nitrogens is 1. The monoisotopic (exact) mass is 460 g/mol. The zero-order valence-corrected chi connectivity index (χ0v) is 22.4. The summed E-state index contributed by atoms with van der Waals surface area (Å²) in [6.45, 7) is 17.6. The van der Waals surface area contributed by atoms with E-state index >= 15 is 0 Å². The van der Waals surface area contributed by atoms with Crippen LogP contribution in [0.4, 0.5) is 5.69 Å². The van der Waals surface area contributed by atoms with Gasteiger partial charge >= 0.3 is 5.97 Å². The van der Waals surface area contributed by atoms with Gasteiger partial charge in [-0.15, -0.1) is 0 Å². The second-order valence-corrected chi connectivity index (χ2v) is 11.2. The molecule has 7 heteroatoms. The van der Waals surface area contributed by atoms with Crippen LogP contribution in [0.15, 0.2) is 0 Å². The summed E-state index contributed by atoms with van der Waals surface area (Å²) in [5.74, 6) is -0.439. The Morgan fingerprint density at radius 1 is 1.27 bits per heavy atom. The third-order valence-corrected chi connectivity index (χ3v) is 6.64. The molecule has 1 saturated heterocycles. The summed E-state index contributed by atoms with van der Waals surface area (Å²) in [6, 6.07) is 0. The molecular weight excluding hydrogens is 415 g/mol. The number of aliphatic hydroxyl groups excluding tert-OH is 1. The van der Waals surface area contributed by atoms with Gasteiger partial charge in [0.15, 0.2) is 6.10 Å². The van der Waals surface area contributed by atoms with E-state index in [1.807, 2.05) is 41.5 Å². The second-order valence-electron chi connectivity index (χ2n) is 11.2. The third-order valence-electron chi connectivity index (χ3n) is 6.64. The lowest BCUT2D eigenvalue weighted by atomic mass is 9.75. The molecule has 0 aromatic carbocycles. The first kappa shape index (κ1) is 27.6. The van der Waals surface area contributed by atoms with Crippen molar-refractivity contribution >= 4 is 25.0 Å². The number of nitrogens with zero attached hydrogens (tertiary/aromatic N) is 2. The molecule has 2 rings (SSSR count). The lowest BCUT2D eigenvalue weighted by Crippen LogP contribution is -2.43. The normalized spacial score (nSPS) is 17.3. The maximum atomic E-state index is 13.3. The molecule has 1 atom stereocenters. The Hall–Kier alpha value is -1.60. The number of piperidine rings is 1. The lowest BCUT2D eigenvalue weighted by molar-refractivity contribution is -0.171. The molecule has 0 radical (unpaired) electrons. The van der Waals surface area contributed by atoms with Crippen LogP contribution in [0.5, 0.6) is 0 Å². The van der Waals surface area contributed by atoms with Crippen molar-refractivity contribution in [3.63, 3.8) is 0 Å². The number of carbonyl (C=O) groups excluding carboxylic acids is 1. The molecule has 6 nitrogen and oxygen atoms in total. The van der Waals surface area contributed by atoms with E-state index in [0.29, 0.717) is 16.7 Å². The molecule has 0 bridgehead atoms. The van der Waals surface area contributed by atoms with Gasteiger partial charge in [-0.3, -0.25) is 4.98 Å². The summed E-state index contributed by atoms with van der Waals surface area (Å²) in [5, 5.41) is 10.3. The number of hydrogen-bond donors (Lipinski definition) is 1. The number of carbonyl (C=O) groups is 1. The number of ether oxygens (including phenoxy) is 2. The Morgan fingerprint density at radius 2 is 1.88 bits per heavy atom. The maximum Gasteiger partial charge on any atom is 0.340 e. The van der Waals surface area contributed by atoms with Crippen molar-refractivity contribution in [2.45, 2.75) is 112 Å². The third kappa shape index (κ3) is 7.19. The van der Waals surface area contributed by atoms with E-state index in [1.54, 1.807) is 0 Å². The van der Waals surface area contributed by atoms with Crippen LogP contribution < -0.4 is 10.4 Å². The molecule has 1 aliphatic rings. The fraction of sp³-hybridized carbons (Fsp3) is 0.769. The van der Waals surface area contributed by atoms with E-state index in [0.717, 1.165) is 42.8 Å². The smallest absolute Gasteiger partial charge is 0.340 e. The molecule has 33 heavy (non-hydrogen) atoms. The fourth-order valence-corrected chi connectivity index (χ4v) is 4.66. The summed E-state index contributed by atoms with van der Waals surface area (Å²) in [6.07, 6.45) is 4.70. The number of unbranched alkanes of at least 4 members (excludes halogenated alkanes) is 1. The molecule has 1 N–H and O–H groups in total. The van der Waals surface area contributed by atoms with Gasteiger partial charge in [-0.25, -0.2) is 4.79 Å². The molecule has 2 heterocycles. The Labute approximate surface area is 201 Å². The molecular formula is C26H45BN2O4. The Bertz CT molecular complexity index is 811.